The Kier molecular flexibility index (Phi) is 6.64. The molecule has 0 fully saturated rings. The van der Waals surface area contributed by atoms with Gasteiger partial charge in [0.25, 0.3) is 5.69 Å². The Hall–Kier alpha value is -4.59. The van der Waals surface area contributed by atoms with Gasteiger partial charge >= 0.3 is 0 Å². The molecule has 3 aromatic carbocycles. The summed E-state index contributed by atoms with van der Waals surface area (Å²) in [5.74, 6) is -0.530. The predicted molar refractivity (Wildman–Crippen MR) is 149 cm³/mol. The third-order valence-corrected chi connectivity index (χ3v) is 7.26. The number of non-ortho nitro benzene ring substituents is 1. The van der Waals surface area contributed by atoms with E-state index in [4.69, 9.17) is 0 Å². The number of hydrogen-bond donors (Lipinski definition) is 1. The molecule has 0 radical (unpaired) electrons. The van der Waals surface area contributed by atoms with E-state index in [1.807, 2.05) is 19.9 Å². The first kappa shape index (κ1) is 26.0. The van der Waals surface area contributed by atoms with E-state index in [9.17, 15) is 24.5 Å². The van der Waals surface area contributed by atoms with Crippen LogP contribution in [-0.2, 0) is 9.59 Å². The topological polar surface area (TPSA) is 110 Å². The van der Waals surface area contributed by atoms with Crippen molar-refractivity contribution in [3.8, 4) is 0 Å². The van der Waals surface area contributed by atoms with E-state index < -0.39 is 11.0 Å². The molecule has 1 atom stereocenters. The number of nitrogens with one attached hydrogen (secondary N) is 1. The molecule has 1 N–H and O–H groups in total. The van der Waals surface area contributed by atoms with Crippen LogP contribution in [0.1, 0.15) is 67.6 Å². The minimum Gasteiger partial charge on any atom is -0.357 e. The van der Waals surface area contributed by atoms with Gasteiger partial charge in [-0.2, -0.15) is 0 Å². The predicted octanol–water partition coefficient (Wildman–Crippen LogP) is 6.38. The molecule has 0 saturated heterocycles. The first-order valence-corrected chi connectivity index (χ1v) is 12.9. The highest BCUT2D eigenvalue weighted by molar-refractivity contribution is 6.11. The molecule has 0 aromatic heterocycles. The Morgan fingerprint density at radius 3 is 2.44 bits per heavy atom. The van der Waals surface area contributed by atoms with Gasteiger partial charge in [-0.25, -0.2) is 0 Å². The van der Waals surface area contributed by atoms with Crippen LogP contribution in [-0.4, -0.2) is 22.4 Å². The maximum absolute atomic E-state index is 13.7. The van der Waals surface area contributed by atoms with Crippen molar-refractivity contribution >= 4 is 34.5 Å². The van der Waals surface area contributed by atoms with E-state index in [0.717, 1.165) is 0 Å². The van der Waals surface area contributed by atoms with Gasteiger partial charge in [0.2, 0.25) is 5.91 Å². The molecule has 0 spiro atoms. The Balaban J connectivity index is 1.75. The van der Waals surface area contributed by atoms with Gasteiger partial charge in [0.1, 0.15) is 0 Å². The second-order valence-electron chi connectivity index (χ2n) is 10.8. The maximum Gasteiger partial charge on any atom is 0.269 e. The van der Waals surface area contributed by atoms with Crippen molar-refractivity contribution in [3.05, 3.63) is 111 Å². The van der Waals surface area contributed by atoms with Gasteiger partial charge in [-0.05, 0) is 35.6 Å². The summed E-state index contributed by atoms with van der Waals surface area (Å²) in [7, 11) is 0. The summed E-state index contributed by atoms with van der Waals surface area (Å²) in [6.07, 6.45) is 0.961. The van der Waals surface area contributed by atoms with Crippen molar-refractivity contribution in [3.63, 3.8) is 0 Å². The molecule has 1 aliphatic carbocycles. The van der Waals surface area contributed by atoms with Crippen LogP contribution in [0.5, 0.6) is 0 Å². The fourth-order valence-electron chi connectivity index (χ4n) is 5.51. The number of nitro benzene ring substituents is 1. The number of fused-ring (bicyclic) bond motifs is 1. The van der Waals surface area contributed by atoms with Gasteiger partial charge in [0.05, 0.1) is 22.3 Å². The summed E-state index contributed by atoms with van der Waals surface area (Å²) in [5, 5.41) is 15.0. The summed E-state index contributed by atoms with van der Waals surface area (Å²) in [4.78, 5) is 53.3. The molecular formula is C31H29N3O5. The first-order valence-electron chi connectivity index (χ1n) is 12.9. The van der Waals surface area contributed by atoms with Crippen molar-refractivity contribution in [1.29, 1.82) is 0 Å². The molecule has 5 rings (SSSR count). The third-order valence-electron chi connectivity index (χ3n) is 7.26. The highest BCUT2D eigenvalue weighted by atomic mass is 16.6. The minimum absolute atomic E-state index is 0.118. The summed E-state index contributed by atoms with van der Waals surface area (Å²) in [6.45, 7) is 5.75. The number of allylic oxidation sites excluding steroid dienone is 1. The van der Waals surface area contributed by atoms with Crippen molar-refractivity contribution in [2.24, 2.45) is 5.41 Å². The van der Waals surface area contributed by atoms with E-state index in [1.54, 1.807) is 66.4 Å². The van der Waals surface area contributed by atoms with Gasteiger partial charge in [0.15, 0.2) is 11.6 Å². The van der Waals surface area contributed by atoms with Crippen molar-refractivity contribution in [1.82, 2.24) is 0 Å². The SMILES string of the molecule is CCC(=O)N1c2ccc(C(=O)c3ccccc3)cc2NC2=C(C(=O)CC(C)(C)C2)[C@H]1c1cccc([N+](=O)[O-])c1. The van der Waals surface area contributed by atoms with Crippen LogP contribution in [0.2, 0.25) is 0 Å². The Morgan fingerprint density at radius 1 is 1.00 bits per heavy atom. The lowest BCUT2D eigenvalue weighted by molar-refractivity contribution is -0.384. The van der Waals surface area contributed by atoms with Gasteiger partial charge in [-0.15, -0.1) is 0 Å². The lowest BCUT2D eigenvalue weighted by atomic mass is 9.73. The van der Waals surface area contributed by atoms with E-state index in [2.05, 4.69) is 5.32 Å². The van der Waals surface area contributed by atoms with Crippen LogP contribution in [0.3, 0.4) is 0 Å². The number of hydrogen-bond acceptors (Lipinski definition) is 6. The lowest BCUT2D eigenvalue weighted by Crippen LogP contribution is -2.39. The fraction of sp³-hybridized carbons (Fsp3) is 0.258. The first-order chi connectivity index (χ1) is 18.6. The van der Waals surface area contributed by atoms with Crippen molar-refractivity contribution < 1.29 is 19.3 Å². The number of benzene rings is 3. The lowest BCUT2D eigenvalue weighted by Gasteiger charge is -2.37. The molecule has 0 bridgehead atoms. The van der Waals surface area contributed by atoms with Crippen LogP contribution in [0, 0.1) is 15.5 Å². The zero-order chi connectivity index (χ0) is 27.9. The Morgan fingerprint density at radius 2 is 1.74 bits per heavy atom. The molecule has 0 unspecified atom stereocenters. The summed E-state index contributed by atoms with van der Waals surface area (Å²) < 4.78 is 0. The molecule has 1 aliphatic heterocycles. The number of Topliss-reactive ketones (excluding diaryl/α,β-unsaturated/α-hetero) is 1. The number of nitro groups is 1. The monoisotopic (exact) mass is 523 g/mol. The molecular weight excluding hydrogens is 494 g/mol. The average molecular weight is 524 g/mol. The normalized spacial score (nSPS) is 18.0. The number of ketones is 2. The van der Waals surface area contributed by atoms with E-state index in [1.165, 1.54) is 12.1 Å². The zero-order valence-electron chi connectivity index (χ0n) is 22.1. The number of carbonyl (C=O) groups is 3. The highest BCUT2D eigenvalue weighted by Gasteiger charge is 2.43. The number of rotatable bonds is 5. The summed E-state index contributed by atoms with van der Waals surface area (Å²) in [6, 6.07) is 19.3. The van der Waals surface area contributed by atoms with E-state index >= 15 is 0 Å². The molecule has 39 heavy (non-hydrogen) atoms. The Labute approximate surface area is 226 Å². The van der Waals surface area contributed by atoms with Crippen LogP contribution in [0.15, 0.2) is 84.1 Å². The second-order valence-corrected chi connectivity index (χ2v) is 10.8. The summed E-state index contributed by atoms with van der Waals surface area (Å²) in [5.41, 5.74) is 3.11. The number of carbonyl (C=O) groups excluding carboxylic acids is 3. The minimum atomic E-state index is -0.861. The van der Waals surface area contributed by atoms with Crippen LogP contribution in [0.25, 0.3) is 0 Å². The molecule has 0 saturated carbocycles. The molecule has 8 heteroatoms. The molecule has 3 aromatic rings. The number of amides is 1. The zero-order valence-corrected chi connectivity index (χ0v) is 22.1. The molecule has 1 amide bonds. The van der Waals surface area contributed by atoms with Gasteiger partial charge in [-0.3, -0.25) is 29.4 Å². The van der Waals surface area contributed by atoms with Crippen LogP contribution in [0.4, 0.5) is 17.1 Å². The maximum atomic E-state index is 13.7. The largest absolute Gasteiger partial charge is 0.357 e. The molecule has 198 valence electrons. The van der Waals surface area contributed by atoms with Crippen molar-refractivity contribution in [2.45, 2.75) is 46.1 Å². The fourth-order valence-corrected chi connectivity index (χ4v) is 5.51. The molecule has 1 heterocycles. The Bertz CT molecular complexity index is 1540. The van der Waals surface area contributed by atoms with E-state index in [0.29, 0.717) is 45.8 Å². The smallest absolute Gasteiger partial charge is 0.269 e. The highest BCUT2D eigenvalue weighted by Crippen LogP contribution is 2.49. The van der Waals surface area contributed by atoms with Crippen LogP contribution >= 0.6 is 0 Å². The summed E-state index contributed by atoms with van der Waals surface area (Å²) >= 11 is 0. The second kappa shape index (κ2) is 9.94. The average Bonchev–Trinajstić information content (AvgIpc) is 3.06. The van der Waals surface area contributed by atoms with Gasteiger partial charge in [-0.1, -0.05) is 63.2 Å². The number of anilines is 2. The number of nitrogens with zero attached hydrogens (tertiary/aromatic N) is 2. The van der Waals surface area contributed by atoms with Crippen LogP contribution < -0.4 is 10.2 Å². The van der Waals surface area contributed by atoms with E-state index in [-0.39, 0.29) is 41.4 Å². The molecule has 2 aliphatic rings. The molecule has 8 nitrogen and oxygen atoms in total. The quantitative estimate of drug-likeness (QED) is 0.236. The third kappa shape index (κ3) is 4.85. The standard InChI is InChI=1S/C31H29N3O5/c1-4-27(36)33-25-14-13-21(30(37)19-9-6-5-7-10-19)16-23(25)32-24-17-31(2,3)18-26(35)28(24)29(33)20-11-8-12-22(15-20)34(38)39/h5-16,29,32H,4,17-18H2,1-3H3/t29-/m1/s1. The van der Waals surface area contributed by atoms with Gasteiger partial charge in [0, 0.05) is 47.4 Å². The van der Waals surface area contributed by atoms with Gasteiger partial charge < -0.3 is 5.32 Å². The van der Waals surface area contributed by atoms with Crippen molar-refractivity contribution in [2.75, 3.05) is 10.2 Å².